The average molecular weight is 385 g/mol. The Kier molecular flexibility index (Phi) is 3.70. The number of benzene rings is 2. The molecule has 0 fully saturated rings. The number of likely N-dealkylation sites (N-methyl/N-ethyl adjacent to an activating group) is 1. The molecule has 0 aliphatic carbocycles. The summed E-state index contributed by atoms with van der Waals surface area (Å²) in [5.74, 6) is 1.90. The van der Waals surface area contributed by atoms with Gasteiger partial charge >= 0.3 is 0 Å². The average Bonchev–Trinajstić information content (AvgIpc) is 3.16. The Morgan fingerprint density at radius 1 is 1.21 bits per heavy atom. The van der Waals surface area contributed by atoms with Gasteiger partial charge in [-0.05, 0) is 23.3 Å². The molecular formula is C21H23NO6. The van der Waals surface area contributed by atoms with E-state index in [1.165, 1.54) is 0 Å². The summed E-state index contributed by atoms with van der Waals surface area (Å²) >= 11 is 0. The molecule has 0 spiro atoms. The van der Waals surface area contributed by atoms with Gasteiger partial charge in [-0.3, -0.25) is 0 Å². The van der Waals surface area contributed by atoms with Crippen LogP contribution >= 0.6 is 0 Å². The number of hydrogen-bond donors (Lipinski definition) is 1. The molecule has 28 heavy (non-hydrogen) atoms. The molecule has 1 unspecified atom stereocenters. The Bertz CT molecular complexity index is 974. The number of quaternary nitrogens is 1. The van der Waals surface area contributed by atoms with E-state index in [1.54, 1.807) is 20.3 Å². The third-order valence-corrected chi connectivity index (χ3v) is 6.42. The van der Waals surface area contributed by atoms with Crippen LogP contribution in [0.3, 0.4) is 0 Å². The van der Waals surface area contributed by atoms with Gasteiger partial charge in [-0.25, -0.2) is 0 Å². The fourth-order valence-electron chi connectivity index (χ4n) is 5.09. The highest BCUT2D eigenvalue weighted by molar-refractivity contribution is 5.61. The molecule has 0 aromatic heterocycles. The molecule has 7 nitrogen and oxygen atoms in total. The zero-order chi connectivity index (χ0) is 19.6. The number of aliphatic hydroxyl groups excluding tert-OH is 1. The molecule has 3 atom stereocenters. The largest absolute Gasteiger partial charge is 0.870 e. The molecule has 0 amide bonds. The van der Waals surface area contributed by atoms with Gasteiger partial charge in [0.1, 0.15) is 18.7 Å². The van der Waals surface area contributed by atoms with E-state index in [1.807, 2.05) is 12.1 Å². The lowest BCUT2D eigenvalue weighted by atomic mass is 9.79. The Morgan fingerprint density at radius 2 is 2.04 bits per heavy atom. The van der Waals surface area contributed by atoms with E-state index in [0.717, 1.165) is 29.7 Å². The lowest BCUT2D eigenvalue weighted by Crippen LogP contribution is -2.55. The summed E-state index contributed by atoms with van der Waals surface area (Å²) in [5.41, 5.74) is 3.30. The Hall–Kier alpha value is -2.64. The Morgan fingerprint density at radius 3 is 2.79 bits per heavy atom. The standard InChI is InChI=1S/C21H23NO6/c1-22-7-6-11-8-15-21(28-10-27-15)19(24)16(11)17(22)18(23)12-4-5-14(25-2)20(26-3)13(12)9-22/h4-5,8,17-18,23H,6-7,9-10H2,1-3H3/t17-,18+,22?/m1/s1. The Balaban J connectivity index is 1.71. The van der Waals surface area contributed by atoms with Crippen molar-refractivity contribution in [3.8, 4) is 28.7 Å². The predicted molar refractivity (Wildman–Crippen MR) is 97.7 cm³/mol. The first-order chi connectivity index (χ1) is 13.5. The maximum Gasteiger partial charge on any atom is 0.231 e. The number of methoxy groups -OCH3 is 2. The van der Waals surface area contributed by atoms with Crippen LogP contribution < -0.4 is 24.1 Å². The smallest absolute Gasteiger partial charge is 0.231 e. The van der Waals surface area contributed by atoms with E-state index in [0.29, 0.717) is 33.8 Å². The maximum absolute atomic E-state index is 13.2. The van der Waals surface area contributed by atoms with Crippen LogP contribution in [0.25, 0.3) is 0 Å². The number of ether oxygens (including phenoxy) is 4. The second-order valence-corrected chi connectivity index (χ2v) is 7.88. The lowest BCUT2D eigenvalue weighted by Gasteiger charge is -2.51. The summed E-state index contributed by atoms with van der Waals surface area (Å²) in [6, 6.07) is 5.21. The quantitative estimate of drug-likeness (QED) is 0.794. The van der Waals surface area contributed by atoms with Crippen molar-refractivity contribution in [3.63, 3.8) is 0 Å². The number of nitrogens with zero attached hydrogens (tertiary/aromatic N) is 1. The van der Waals surface area contributed by atoms with E-state index in [-0.39, 0.29) is 24.3 Å². The zero-order valence-corrected chi connectivity index (χ0v) is 16.2. The van der Waals surface area contributed by atoms with Gasteiger partial charge in [-0.1, -0.05) is 11.8 Å². The fraction of sp³-hybridized carbons (Fsp3) is 0.429. The van der Waals surface area contributed by atoms with Gasteiger partial charge in [0.2, 0.25) is 6.79 Å². The molecule has 3 heterocycles. The number of aliphatic hydroxyl groups is 1. The van der Waals surface area contributed by atoms with Crippen LogP contribution in [0.1, 0.15) is 34.4 Å². The van der Waals surface area contributed by atoms with Crippen molar-refractivity contribution in [2.24, 2.45) is 0 Å². The molecule has 148 valence electrons. The normalized spacial score (nSPS) is 26.9. The predicted octanol–water partition coefficient (Wildman–Crippen LogP) is 1.80. The highest BCUT2D eigenvalue weighted by Crippen LogP contribution is 2.56. The fourth-order valence-corrected chi connectivity index (χ4v) is 5.09. The first-order valence-corrected chi connectivity index (χ1v) is 9.37. The molecule has 3 aliphatic heterocycles. The van der Waals surface area contributed by atoms with Crippen molar-refractivity contribution in [1.82, 2.24) is 0 Å². The second-order valence-electron chi connectivity index (χ2n) is 7.88. The minimum atomic E-state index is -0.833. The topological polar surface area (TPSA) is 80.2 Å². The number of rotatable bonds is 2. The van der Waals surface area contributed by atoms with Gasteiger partial charge in [0.15, 0.2) is 23.0 Å². The van der Waals surface area contributed by atoms with Gasteiger partial charge in [-0.2, -0.15) is 0 Å². The third-order valence-electron chi connectivity index (χ3n) is 6.42. The maximum atomic E-state index is 13.2. The van der Waals surface area contributed by atoms with Crippen LogP contribution in [0.5, 0.6) is 28.7 Å². The molecule has 7 heteroatoms. The van der Waals surface area contributed by atoms with E-state index in [9.17, 15) is 10.2 Å². The van der Waals surface area contributed by atoms with Gasteiger partial charge in [0.25, 0.3) is 0 Å². The molecule has 2 aromatic carbocycles. The SMILES string of the molecule is COc1ccc2c(c1OC)C[N+]1(C)CCc3cc4c(c([O-])c3[C@@H]1[C@H]2O)OCO4. The molecule has 3 aliphatic rings. The third kappa shape index (κ3) is 2.17. The molecular weight excluding hydrogens is 362 g/mol. The number of hydrogen-bond acceptors (Lipinski definition) is 6. The molecule has 2 aromatic rings. The lowest BCUT2D eigenvalue weighted by molar-refractivity contribution is -0.961. The summed E-state index contributed by atoms with van der Waals surface area (Å²) in [7, 11) is 5.30. The second kappa shape index (κ2) is 5.93. The van der Waals surface area contributed by atoms with Crippen molar-refractivity contribution in [2.45, 2.75) is 25.1 Å². The monoisotopic (exact) mass is 385 g/mol. The van der Waals surface area contributed by atoms with E-state index >= 15 is 0 Å². The van der Waals surface area contributed by atoms with Gasteiger partial charge < -0.3 is 33.6 Å². The first-order valence-electron chi connectivity index (χ1n) is 9.37. The van der Waals surface area contributed by atoms with E-state index in [2.05, 4.69) is 7.05 Å². The summed E-state index contributed by atoms with van der Waals surface area (Å²) in [5, 5.41) is 24.6. The van der Waals surface area contributed by atoms with Crippen LogP contribution in [0.15, 0.2) is 18.2 Å². The molecule has 0 bridgehead atoms. The highest BCUT2D eigenvalue weighted by Gasteiger charge is 2.50. The van der Waals surface area contributed by atoms with Crippen molar-refractivity contribution in [3.05, 3.63) is 40.5 Å². The van der Waals surface area contributed by atoms with Crippen molar-refractivity contribution in [2.75, 3.05) is 34.6 Å². The summed E-state index contributed by atoms with van der Waals surface area (Å²) < 4.78 is 22.4. The zero-order valence-electron chi connectivity index (χ0n) is 16.2. The minimum Gasteiger partial charge on any atom is -0.870 e. The van der Waals surface area contributed by atoms with Crippen LogP contribution in [-0.2, 0) is 13.0 Å². The van der Waals surface area contributed by atoms with Crippen LogP contribution in [0.2, 0.25) is 0 Å². The van der Waals surface area contributed by atoms with Crippen LogP contribution in [0, 0.1) is 0 Å². The van der Waals surface area contributed by atoms with Gasteiger partial charge in [0, 0.05) is 12.0 Å². The minimum absolute atomic E-state index is 0.0621. The van der Waals surface area contributed by atoms with Crippen LogP contribution in [-0.4, -0.2) is 44.2 Å². The van der Waals surface area contributed by atoms with Gasteiger partial charge in [0.05, 0.1) is 33.4 Å². The Labute approximate surface area is 163 Å². The summed E-state index contributed by atoms with van der Waals surface area (Å²) in [6.07, 6.45) is -0.0941. The first kappa shape index (κ1) is 17.5. The van der Waals surface area contributed by atoms with Crippen LogP contribution in [0.4, 0.5) is 0 Å². The van der Waals surface area contributed by atoms with E-state index in [4.69, 9.17) is 18.9 Å². The van der Waals surface area contributed by atoms with Crippen molar-refractivity contribution >= 4 is 0 Å². The van der Waals surface area contributed by atoms with Gasteiger partial charge in [-0.15, -0.1) is 0 Å². The highest BCUT2D eigenvalue weighted by atomic mass is 16.7. The molecule has 0 saturated heterocycles. The summed E-state index contributed by atoms with van der Waals surface area (Å²) in [4.78, 5) is 0. The van der Waals surface area contributed by atoms with Crippen molar-refractivity contribution < 1.29 is 33.6 Å². The van der Waals surface area contributed by atoms with Crippen molar-refractivity contribution in [1.29, 1.82) is 0 Å². The molecule has 0 radical (unpaired) electrons. The summed E-state index contributed by atoms with van der Waals surface area (Å²) in [6.45, 7) is 1.50. The number of fused-ring (bicyclic) bond motifs is 5. The van der Waals surface area contributed by atoms with E-state index < -0.39 is 6.10 Å². The molecule has 5 rings (SSSR count). The molecule has 0 saturated carbocycles. The molecule has 1 N–H and O–H groups in total.